The van der Waals surface area contributed by atoms with E-state index in [1.807, 2.05) is 5.92 Å². The van der Waals surface area contributed by atoms with Gasteiger partial charge in [-0.15, -0.1) is 6.42 Å². The van der Waals surface area contributed by atoms with Crippen molar-refractivity contribution in [3.8, 4) is 12.3 Å². The standard InChI is InChI=1S/C10H7FO4S/c1-2-5-16(14,15)9-4-3-7(10(12)13)6-8(9)11/h1,3-4,6H,5H2,(H,12,13). The van der Waals surface area contributed by atoms with Gasteiger partial charge in [0.1, 0.15) is 16.5 Å². The third-order valence-electron chi connectivity index (χ3n) is 1.79. The minimum atomic E-state index is -3.89. The van der Waals surface area contributed by atoms with E-state index in [1.54, 1.807) is 0 Å². The molecule has 1 aromatic carbocycles. The Bertz CT molecular complexity index is 569. The molecular weight excluding hydrogens is 235 g/mol. The summed E-state index contributed by atoms with van der Waals surface area (Å²) in [4.78, 5) is 9.90. The third-order valence-corrected chi connectivity index (χ3v) is 3.34. The van der Waals surface area contributed by atoms with E-state index in [4.69, 9.17) is 11.5 Å². The first-order valence-corrected chi connectivity index (χ1v) is 5.73. The Hall–Kier alpha value is -1.87. The van der Waals surface area contributed by atoms with Crippen LogP contribution in [0.2, 0.25) is 0 Å². The van der Waals surface area contributed by atoms with Gasteiger partial charge in [-0.2, -0.15) is 0 Å². The van der Waals surface area contributed by atoms with Gasteiger partial charge in [0.15, 0.2) is 9.84 Å². The van der Waals surface area contributed by atoms with Crippen LogP contribution >= 0.6 is 0 Å². The summed E-state index contributed by atoms with van der Waals surface area (Å²) in [6, 6.07) is 2.55. The summed E-state index contributed by atoms with van der Waals surface area (Å²) in [6.45, 7) is 0. The number of rotatable bonds is 3. The van der Waals surface area contributed by atoms with Crippen LogP contribution in [-0.2, 0) is 9.84 Å². The lowest BCUT2D eigenvalue weighted by Gasteiger charge is -2.03. The van der Waals surface area contributed by atoms with E-state index >= 15 is 0 Å². The van der Waals surface area contributed by atoms with Crippen molar-refractivity contribution in [2.24, 2.45) is 0 Å². The summed E-state index contributed by atoms with van der Waals surface area (Å²) in [5.41, 5.74) is -0.322. The molecule has 0 atom stereocenters. The molecule has 0 spiro atoms. The maximum Gasteiger partial charge on any atom is 0.335 e. The van der Waals surface area contributed by atoms with Crippen LogP contribution < -0.4 is 0 Å². The summed E-state index contributed by atoms with van der Waals surface area (Å²) >= 11 is 0. The van der Waals surface area contributed by atoms with Crippen LogP contribution in [0.15, 0.2) is 23.1 Å². The molecule has 6 heteroatoms. The first-order valence-electron chi connectivity index (χ1n) is 4.07. The molecule has 0 fully saturated rings. The molecule has 0 aliphatic rings. The number of sulfone groups is 1. The highest BCUT2D eigenvalue weighted by molar-refractivity contribution is 7.91. The second-order valence-electron chi connectivity index (χ2n) is 2.91. The number of hydrogen-bond acceptors (Lipinski definition) is 3. The van der Waals surface area contributed by atoms with Crippen LogP contribution in [0.25, 0.3) is 0 Å². The van der Waals surface area contributed by atoms with E-state index in [9.17, 15) is 17.6 Å². The van der Waals surface area contributed by atoms with Crippen molar-refractivity contribution in [2.75, 3.05) is 5.75 Å². The van der Waals surface area contributed by atoms with Crippen molar-refractivity contribution in [3.63, 3.8) is 0 Å². The minimum absolute atomic E-state index is 0.322. The van der Waals surface area contributed by atoms with Crippen molar-refractivity contribution in [1.82, 2.24) is 0 Å². The van der Waals surface area contributed by atoms with E-state index in [2.05, 4.69) is 0 Å². The summed E-state index contributed by atoms with van der Waals surface area (Å²) in [5.74, 6) is -1.18. The fraction of sp³-hybridized carbons (Fsp3) is 0.100. The summed E-state index contributed by atoms with van der Waals surface area (Å²) < 4.78 is 36.1. The number of hydrogen-bond donors (Lipinski definition) is 1. The average molecular weight is 242 g/mol. The number of halogens is 1. The normalized spacial score (nSPS) is 10.8. The predicted octanol–water partition coefficient (Wildman–Crippen LogP) is 0.931. The molecule has 0 amide bonds. The molecule has 0 saturated heterocycles. The Morgan fingerprint density at radius 2 is 2.12 bits per heavy atom. The monoisotopic (exact) mass is 242 g/mol. The first kappa shape index (κ1) is 12.2. The maximum atomic E-state index is 13.3. The zero-order valence-corrected chi connectivity index (χ0v) is 8.79. The molecule has 1 aromatic rings. The molecular formula is C10H7FO4S. The maximum absolute atomic E-state index is 13.3. The zero-order valence-electron chi connectivity index (χ0n) is 7.97. The largest absolute Gasteiger partial charge is 0.478 e. The molecule has 84 valence electrons. The highest BCUT2D eigenvalue weighted by atomic mass is 32.2. The van der Waals surface area contributed by atoms with Crippen molar-refractivity contribution in [3.05, 3.63) is 29.6 Å². The van der Waals surface area contributed by atoms with Gasteiger partial charge in [0, 0.05) is 0 Å². The molecule has 1 N–H and O–H groups in total. The number of terminal acetylenes is 1. The highest BCUT2D eigenvalue weighted by Gasteiger charge is 2.19. The SMILES string of the molecule is C#CCS(=O)(=O)c1ccc(C(=O)O)cc1F. The van der Waals surface area contributed by atoms with Crippen LogP contribution in [-0.4, -0.2) is 25.2 Å². The van der Waals surface area contributed by atoms with Gasteiger partial charge in [0.2, 0.25) is 0 Å². The Morgan fingerprint density at radius 3 is 2.56 bits per heavy atom. The molecule has 0 aliphatic heterocycles. The molecule has 1 rings (SSSR count). The smallest absolute Gasteiger partial charge is 0.335 e. The predicted molar refractivity (Wildman–Crippen MR) is 54.2 cm³/mol. The fourth-order valence-corrected chi connectivity index (χ4v) is 2.08. The van der Waals surface area contributed by atoms with E-state index in [-0.39, 0.29) is 5.56 Å². The summed E-state index contributed by atoms with van der Waals surface area (Å²) in [6.07, 6.45) is 4.83. The zero-order chi connectivity index (χ0) is 12.3. The quantitative estimate of drug-likeness (QED) is 0.800. The Morgan fingerprint density at radius 1 is 1.50 bits per heavy atom. The van der Waals surface area contributed by atoms with Crippen molar-refractivity contribution >= 4 is 15.8 Å². The number of carbonyl (C=O) groups is 1. The van der Waals surface area contributed by atoms with E-state index in [0.717, 1.165) is 12.1 Å². The van der Waals surface area contributed by atoms with Crippen molar-refractivity contribution in [2.45, 2.75) is 4.90 Å². The first-order chi connectivity index (χ1) is 7.38. The lowest BCUT2D eigenvalue weighted by atomic mass is 10.2. The van der Waals surface area contributed by atoms with E-state index < -0.39 is 32.3 Å². The van der Waals surface area contributed by atoms with Gasteiger partial charge in [-0.25, -0.2) is 17.6 Å². The topological polar surface area (TPSA) is 71.4 Å². The van der Waals surface area contributed by atoms with Crippen LogP contribution in [0.5, 0.6) is 0 Å². The Kier molecular flexibility index (Phi) is 3.30. The van der Waals surface area contributed by atoms with Gasteiger partial charge in [-0.05, 0) is 18.2 Å². The molecule has 0 radical (unpaired) electrons. The molecule has 16 heavy (non-hydrogen) atoms. The van der Waals surface area contributed by atoms with Gasteiger partial charge < -0.3 is 5.11 Å². The van der Waals surface area contributed by atoms with Crippen molar-refractivity contribution in [1.29, 1.82) is 0 Å². The summed E-state index contributed by atoms with van der Waals surface area (Å²) in [7, 11) is -3.89. The number of benzene rings is 1. The Balaban J connectivity index is 3.30. The third kappa shape index (κ3) is 2.38. The average Bonchev–Trinajstić information content (AvgIpc) is 2.16. The molecule has 0 heterocycles. The molecule has 0 bridgehead atoms. The van der Waals surface area contributed by atoms with Crippen LogP contribution in [0.1, 0.15) is 10.4 Å². The van der Waals surface area contributed by atoms with E-state index in [0.29, 0.717) is 6.07 Å². The molecule has 0 unspecified atom stereocenters. The van der Waals surface area contributed by atoms with Gasteiger partial charge in [0.05, 0.1) is 5.56 Å². The van der Waals surface area contributed by atoms with Gasteiger partial charge in [-0.3, -0.25) is 0 Å². The van der Waals surface area contributed by atoms with Crippen LogP contribution in [0.4, 0.5) is 4.39 Å². The Labute approximate surface area is 91.6 Å². The molecule has 4 nitrogen and oxygen atoms in total. The van der Waals surface area contributed by atoms with Gasteiger partial charge >= 0.3 is 5.97 Å². The number of carboxylic acid groups (broad SMARTS) is 1. The lowest BCUT2D eigenvalue weighted by Crippen LogP contribution is -2.08. The van der Waals surface area contributed by atoms with Crippen LogP contribution in [0.3, 0.4) is 0 Å². The van der Waals surface area contributed by atoms with Gasteiger partial charge in [-0.1, -0.05) is 5.92 Å². The molecule has 0 saturated carbocycles. The van der Waals surface area contributed by atoms with Crippen molar-refractivity contribution < 1.29 is 22.7 Å². The minimum Gasteiger partial charge on any atom is -0.478 e. The summed E-state index contributed by atoms with van der Waals surface area (Å²) in [5, 5.41) is 8.56. The number of carboxylic acids is 1. The highest BCUT2D eigenvalue weighted by Crippen LogP contribution is 2.17. The second kappa shape index (κ2) is 4.33. The van der Waals surface area contributed by atoms with Gasteiger partial charge in [0.25, 0.3) is 0 Å². The second-order valence-corrected chi connectivity index (χ2v) is 4.87. The number of aromatic carboxylic acids is 1. The molecule has 0 aliphatic carbocycles. The lowest BCUT2D eigenvalue weighted by molar-refractivity contribution is 0.0696. The van der Waals surface area contributed by atoms with E-state index in [1.165, 1.54) is 0 Å². The fourth-order valence-electron chi connectivity index (χ4n) is 1.07. The molecule has 0 aromatic heterocycles. The van der Waals surface area contributed by atoms with Crippen LogP contribution in [0, 0.1) is 18.2 Å².